The fraction of sp³-hybridized carbons (Fsp3) is 0. The molecule has 0 saturated heterocycles. The quantitative estimate of drug-likeness (QED) is 0.176. The van der Waals surface area contributed by atoms with Gasteiger partial charge in [-0.2, -0.15) is 0 Å². The van der Waals surface area contributed by atoms with Crippen molar-refractivity contribution >= 4 is 65.7 Å². The third-order valence-corrected chi connectivity index (χ3v) is 11.1. The average molecular weight is 731 g/mol. The molecule has 0 N–H and O–H groups in total. The molecule has 0 aliphatic rings. The van der Waals surface area contributed by atoms with Crippen LogP contribution >= 0.6 is 0 Å². The average Bonchev–Trinajstić information content (AvgIpc) is 3.95. The van der Waals surface area contributed by atoms with Crippen LogP contribution in [0.2, 0.25) is 0 Å². The largest absolute Gasteiger partial charge is 0.456 e. The van der Waals surface area contributed by atoms with Gasteiger partial charge in [0.05, 0.1) is 16.6 Å². The summed E-state index contributed by atoms with van der Waals surface area (Å²) in [7, 11) is 0. The van der Waals surface area contributed by atoms with Crippen molar-refractivity contribution in [1.82, 2.24) is 19.5 Å². The van der Waals surface area contributed by atoms with Gasteiger partial charge >= 0.3 is 0 Å². The van der Waals surface area contributed by atoms with Crippen LogP contribution in [0.3, 0.4) is 0 Å². The van der Waals surface area contributed by atoms with Crippen LogP contribution in [0.4, 0.5) is 0 Å². The minimum Gasteiger partial charge on any atom is -0.456 e. The second-order valence-electron chi connectivity index (χ2n) is 14.4. The van der Waals surface area contributed by atoms with Gasteiger partial charge in [-0.05, 0) is 83.9 Å². The van der Waals surface area contributed by atoms with Crippen LogP contribution < -0.4 is 0 Å². The van der Waals surface area contributed by atoms with Crippen molar-refractivity contribution in [2.75, 3.05) is 0 Å². The summed E-state index contributed by atoms with van der Waals surface area (Å²) in [4.78, 5) is 15.2. The zero-order valence-electron chi connectivity index (χ0n) is 30.4. The molecular formula is C51H30N4O2. The third kappa shape index (κ3) is 5.01. The van der Waals surface area contributed by atoms with Crippen molar-refractivity contribution < 1.29 is 8.83 Å². The van der Waals surface area contributed by atoms with Crippen LogP contribution in [0.5, 0.6) is 0 Å². The van der Waals surface area contributed by atoms with Gasteiger partial charge in [-0.3, -0.25) is 0 Å². The number of hydrogen-bond acceptors (Lipinski definition) is 5. The Morgan fingerprint density at radius 3 is 1.70 bits per heavy atom. The van der Waals surface area contributed by atoms with Crippen LogP contribution in [-0.4, -0.2) is 19.5 Å². The number of nitrogens with zero attached hydrogens (tertiary/aromatic N) is 4. The normalized spacial score (nSPS) is 11.9. The van der Waals surface area contributed by atoms with Crippen molar-refractivity contribution in [3.05, 3.63) is 182 Å². The number of rotatable bonds is 5. The zero-order valence-corrected chi connectivity index (χ0v) is 30.4. The highest BCUT2D eigenvalue weighted by molar-refractivity contribution is 6.12. The summed E-state index contributed by atoms with van der Waals surface area (Å²) in [5, 5.41) is 6.54. The van der Waals surface area contributed by atoms with E-state index >= 15 is 0 Å². The lowest BCUT2D eigenvalue weighted by molar-refractivity contribution is 0.669. The van der Waals surface area contributed by atoms with E-state index in [9.17, 15) is 0 Å². The SMILES string of the molecule is c1ccc(-c2nc(-c3ccc4oc5ccc(-c6ccc7c(c6)c6ccccc6n7-c6ccccc6)cc5c4c3)nc(-c3cccc4c3oc3ccccc34)n2)cc1. The second kappa shape index (κ2) is 12.3. The van der Waals surface area contributed by atoms with E-state index in [1.165, 1.54) is 21.8 Å². The molecule has 0 aliphatic carbocycles. The summed E-state index contributed by atoms with van der Waals surface area (Å²) in [6.45, 7) is 0. The fourth-order valence-electron chi connectivity index (χ4n) is 8.37. The Balaban J connectivity index is 1.01. The van der Waals surface area contributed by atoms with Gasteiger partial charge < -0.3 is 13.4 Å². The van der Waals surface area contributed by atoms with Gasteiger partial charge in [0.2, 0.25) is 0 Å². The lowest BCUT2D eigenvalue weighted by Crippen LogP contribution is -2.00. The van der Waals surface area contributed by atoms with E-state index in [2.05, 4.69) is 114 Å². The molecule has 57 heavy (non-hydrogen) atoms. The Labute approximate surface area is 325 Å². The van der Waals surface area contributed by atoms with Gasteiger partial charge in [-0.15, -0.1) is 0 Å². The molecule has 8 aromatic carbocycles. The first-order valence-electron chi connectivity index (χ1n) is 19.0. The first-order chi connectivity index (χ1) is 28.2. The summed E-state index contributed by atoms with van der Waals surface area (Å²) < 4.78 is 15.2. The Hall–Kier alpha value is -7.83. The molecule has 0 aliphatic heterocycles. The first kappa shape index (κ1) is 31.5. The maximum Gasteiger partial charge on any atom is 0.167 e. The molecule has 0 saturated carbocycles. The van der Waals surface area contributed by atoms with Crippen LogP contribution in [-0.2, 0) is 0 Å². The summed E-state index contributed by atoms with van der Waals surface area (Å²) in [5.74, 6) is 1.71. The highest BCUT2D eigenvalue weighted by Gasteiger charge is 2.19. The molecule has 0 amide bonds. The van der Waals surface area contributed by atoms with Gasteiger partial charge in [0, 0.05) is 49.1 Å². The molecule has 12 rings (SSSR count). The van der Waals surface area contributed by atoms with Crippen molar-refractivity contribution in [3.8, 4) is 51.0 Å². The predicted molar refractivity (Wildman–Crippen MR) is 230 cm³/mol. The van der Waals surface area contributed by atoms with Gasteiger partial charge in [0.25, 0.3) is 0 Å². The highest BCUT2D eigenvalue weighted by atomic mass is 16.3. The van der Waals surface area contributed by atoms with Crippen molar-refractivity contribution in [2.45, 2.75) is 0 Å². The molecule has 6 nitrogen and oxygen atoms in total. The van der Waals surface area contributed by atoms with Gasteiger partial charge in [-0.25, -0.2) is 15.0 Å². The number of para-hydroxylation sites is 4. The van der Waals surface area contributed by atoms with E-state index in [1.807, 2.05) is 72.8 Å². The number of benzene rings is 8. The second-order valence-corrected chi connectivity index (χ2v) is 14.4. The molecule has 4 heterocycles. The monoisotopic (exact) mass is 730 g/mol. The van der Waals surface area contributed by atoms with Gasteiger partial charge in [-0.1, -0.05) is 109 Å². The Bertz CT molecular complexity index is 3530. The minimum atomic E-state index is 0.548. The molecule has 6 heteroatoms. The van der Waals surface area contributed by atoms with Crippen LogP contribution in [0, 0.1) is 0 Å². The van der Waals surface area contributed by atoms with E-state index in [1.54, 1.807) is 0 Å². The van der Waals surface area contributed by atoms with E-state index in [0.717, 1.165) is 77.4 Å². The van der Waals surface area contributed by atoms with Crippen LogP contribution in [0.15, 0.2) is 191 Å². The Morgan fingerprint density at radius 1 is 0.333 bits per heavy atom. The predicted octanol–water partition coefficient (Wildman–Crippen LogP) is 13.4. The summed E-state index contributed by atoms with van der Waals surface area (Å²) in [6.07, 6.45) is 0. The smallest absolute Gasteiger partial charge is 0.167 e. The van der Waals surface area contributed by atoms with Crippen molar-refractivity contribution in [1.29, 1.82) is 0 Å². The molecule has 4 aromatic heterocycles. The Morgan fingerprint density at radius 2 is 0.895 bits per heavy atom. The fourth-order valence-corrected chi connectivity index (χ4v) is 8.37. The molecule has 0 atom stereocenters. The summed E-state index contributed by atoms with van der Waals surface area (Å²) in [6, 6.07) is 62.8. The lowest BCUT2D eigenvalue weighted by atomic mass is 10.00. The molecule has 0 fully saturated rings. The van der Waals surface area contributed by atoms with Crippen LogP contribution in [0.25, 0.3) is 117 Å². The van der Waals surface area contributed by atoms with Crippen LogP contribution in [0.1, 0.15) is 0 Å². The lowest BCUT2D eigenvalue weighted by Gasteiger charge is -2.09. The van der Waals surface area contributed by atoms with E-state index < -0.39 is 0 Å². The molecule has 266 valence electrons. The molecule has 0 unspecified atom stereocenters. The standard InChI is InChI=1S/C51H30N4O2/c1-3-12-31(13-4-1)49-52-50(54-51(53-49)39-19-11-18-38-37-17-8-10-21-45(37)57-48(38)39)34-24-27-47-42(30-34)41-29-33(23-26-46(41)56-47)32-22-25-44-40(28-32)36-16-7-9-20-43(36)55(44)35-14-5-2-6-15-35/h1-30H. The maximum absolute atomic E-state index is 6.42. The van der Waals surface area contributed by atoms with E-state index in [4.69, 9.17) is 23.8 Å². The minimum absolute atomic E-state index is 0.548. The number of fused-ring (bicyclic) bond motifs is 9. The Kier molecular flexibility index (Phi) is 6.83. The van der Waals surface area contributed by atoms with Crippen molar-refractivity contribution in [3.63, 3.8) is 0 Å². The van der Waals surface area contributed by atoms with Gasteiger partial charge in [0.1, 0.15) is 22.3 Å². The van der Waals surface area contributed by atoms with E-state index in [-0.39, 0.29) is 0 Å². The summed E-state index contributed by atoms with van der Waals surface area (Å²) >= 11 is 0. The molecular weight excluding hydrogens is 701 g/mol. The number of furan rings is 2. The molecule has 0 radical (unpaired) electrons. The molecule has 12 aromatic rings. The van der Waals surface area contributed by atoms with Crippen molar-refractivity contribution in [2.24, 2.45) is 0 Å². The van der Waals surface area contributed by atoms with Gasteiger partial charge in [0.15, 0.2) is 17.5 Å². The topological polar surface area (TPSA) is 69.9 Å². The molecule has 0 spiro atoms. The molecule has 0 bridgehead atoms. The maximum atomic E-state index is 6.42. The third-order valence-electron chi connectivity index (χ3n) is 11.1. The number of hydrogen-bond donors (Lipinski definition) is 0. The number of aromatic nitrogens is 4. The highest BCUT2D eigenvalue weighted by Crippen LogP contribution is 2.39. The van der Waals surface area contributed by atoms with E-state index in [0.29, 0.717) is 17.5 Å². The zero-order chi connectivity index (χ0) is 37.5. The summed E-state index contributed by atoms with van der Waals surface area (Å²) in [5.41, 5.74) is 11.5. The first-order valence-corrected chi connectivity index (χ1v) is 19.0.